The molecule has 140 valence electrons. The Balaban J connectivity index is 1.50. The lowest BCUT2D eigenvalue weighted by Crippen LogP contribution is -2.13. The summed E-state index contributed by atoms with van der Waals surface area (Å²) in [5.74, 6) is -1.39. The highest BCUT2D eigenvalue weighted by molar-refractivity contribution is 6.06. The second-order valence-corrected chi connectivity index (χ2v) is 6.28. The van der Waals surface area contributed by atoms with Gasteiger partial charge >= 0.3 is 0 Å². The van der Waals surface area contributed by atoms with E-state index in [9.17, 15) is 13.6 Å². The Bertz CT molecular complexity index is 1140. The number of H-pyrrole nitrogens is 1. The van der Waals surface area contributed by atoms with Crippen LogP contribution in [0.4, 0.5) is 14.5 Å². The fourth-order valence-electron chi connectivity index (χ4n) is 2.84. The molecular formula is C22H16F2N2O2. The fourth-order valence-corrected chi connectivity index (χ4v) is 2.84. The average molecular weight is 378 g/mol. The van der Waals surface area contributed by atoms with Crippen LogP contribution in [0.3, 0.4) is 0 Å². The number of halogens is 2. The Morgan fingerprint density at radius 3 is 2.57 bits per heavy atom. The molecule has 0 spiro atoms. The van der Waals surface area contributed by atoms with Crippen molar-refractivity contribution in [3.05, 3.63) is 95.7 Å². The van der Waals surface area contributed by atoms with E-state index < -0.39 is 17.5 Å². The van der Waals surface area contributed by atoms with Crippen LogP contribution >= 0.6 is 0 Å². The Labute approximate surface area is 159 Å². The van der Waals surface area contributed by atoms with E-state index in [0.717, 1.165) is 28.6 Å². The van der Waals surface area contributed by atoms with E-state index in [2.05, 4.69) is 10.3 Å². The number of amides is 1. The fraction of sp³-hybridized carbons (Fsp3) is 0.0455. The summed E-state index contributed by atoms with van der Waals surface area (Å²) in [6.45, 7) is 0.435. The highest BCUT2D eigenvalue weighted by Gasteiger charge is 2.13. The molecule has 3 aromatic carbocycles. The molecule has 0 aliphatic carbocycles. The molecule has 2 N–H and O–H groups in total. The molecule has 0 atom stereocenters. The van der Waals surface area contributed by atoms with Gasteiger partial charge in [0.2, 0.25) is 0 Å². The van der Waals surface area contributed by atoms with Crippen molar-refractivity contribution in [2.24, 2.45) is 0 Å². The van der Waals surface area contributed by atoms with Gasteiger partial charge in [-0.15, -0.1) is 0 Å². The number of fused-ring (bicyclic) bond motifs is 1. The van der Waals surface area contributed by atoms with Crippen LogP contribution in [0.1, 0.15) is 16.1 Å². The SMILES string of the molecule is O=C(Nc1ccc(F)cc1F)c1cc2ccc(OCc3ccccc3)cc2[nH]1. The molecule has 4 aromatic rings. The Kier molecular flexibility index (Phi) is 4.76. The highest BCUT2D eigenvalue weighted by atomic mass is 19.1. The first kappa shape index (κ1) is 17.7. The third-order valence-corrected chi connectivity index (χ3v) is 4.27. The zero-order valence-corrected chi connectivity index (χ0v) is 14.7. The number of nitrogens with one attached hydrogen (secondary N) is 2. The van der Waals surface area contributed by atoms with Gasteiger partial charge in [0.25, 0.3) is 5.91 Å². The summed E-state index contributed by atoms with van der Waals surface area (Å²) in [6.07, 6.45) is 0. The van der Waals surface area contributed by atoms with Gasteiger partial charge in [-0.1, -0.05) is 30.3 Å². The van der Waals surface area contributed by atoms with E-state index in [0.29, 0.717) is 12.4 Å². The van der Waals surface area contributed by atoms with Crippen LogP contribution in [0.25, 0.3) is 10.9 Å². The van der Waals surface area contributed by atoms with Gasteiger partial charge < -0.3 is 15.0 Å². The molecule has 6 heteroatoms. The van der Waals surface area contributed by atoms with Crippen LogP contribution in [0.5, 0.6) is 5.75 Å². The van der Waals surface area contributed by atoms with Crippen LogP contribution in [0.2, 0.25) is 0 Å². The molecule has 0 bridgehead atoms. The number of carbonyl (C=O) groups is 1. The zero-order valence-electron chi connectivity index (χ0n) is 14.7. The molecule has 1 amide bonds. The molecule has 0 aliphatic heterocycles. The molecule has 4 nitrogen and oxygen atoms in total. The smallest absolute Gasteiger partial charge is 0.272 e. The first-order valence-electron chi connectivity index (χ1n) is 8.64. The third kappa shape index (κ3) is 3.86. The van der Waals surface area contributed by atoms with Crippen molar-refractivity contribution in [2.45, 2.75) is 6.61 Å². The summed E-state index contributed by atoms with van der Waals surface area (Å²) in [5.41, 5.74) is 1.95. The number of benzene rings is 3. The van der Waals surface area contributed by atoms with Gasteiger partial charge in [-0.3, -0.25) is 4.79 Å². The number of carbonyl (C=O) groups excluding carboxylic acids is 1. The van der Waals surface area contributed by atoms with Crippen LogP contribution in [0.15, 0.2) is 72.8 Å². The maximum Gasteiger partial charge on any atom is 0.272 e. The zero-order chi connectivity index (χ0) is 19.5. The largest absolute Gasteiger partial charge is 0.489 e. The molecule has 0 saturated heterocycles. The van der Waals surface area contributed by atoms with E-state index in [1.54, 1.807) is 12.1 Å². The van der Waals surface area contributed by atoms with E-state index in [1.807, 2.05) is 42.5 Å². The van der Waals surface area contributed by atoms with Gasteiger partial charge in [0, 0.05) is 23.0 Å². The van der Waals surface area contributed by atoms with Gasteiger partial charge in [-0.2, -0.15) is 0 Å². The third-order valence-electron chi connectivity index (χ3n) is 4.27. The predicted octanol–water partition coefficient (Wildman–Crippen LogP) is 5.28. The number of anilines is 1. The second-order valence-electron chi connectivity index (χ2n) is 6.28. The number of aromatic amines is 1. The number of ether oxygens (including phenoxy) is 1. The van der Waals surface area contributed by atoms with E-state index in [4.69, 9.17) is 4.74 Å². The van der Waals surface area contributed by atoms with E-state index >= 15 is 0 Å². The van der Waals surface area contributed by atoms with E-state index in [1.165, 1.54) is 6.07 Å². The van der Waals surface area contributed by atoms with Gasteiger partial charge in [0.05, 0.1) is 5.69 Å². The van der Waals surface area contributed by atoms with Crippen molar-refractivity contribution in [1.82, 2.24) is 4.98 Å². The Morgan fingerprint density at radius 2 is 1.79 bits per heavy atom. The van der Waals surface area contributed by atoms with Crippen LogP contribution < -0.4 is 10.1 Å². The first-order valence-corrected chi connectivity index (χ1v) is 8.64. The van der Waals surface area contributed by atoms with Crippen LogP contribution in [-0.2, 0) is 6.61 Å². The topological polar surface area (TPSA) is 54.1 Å². The number of hydrogen-bond donors (Lipinski definition) is 2. The summed E-state index contributed by atoms with van der Waals surface area (Å²) in [7, 11) is 0. The Morgan fingerprint density at radius 1 is 0.964 bits per heavy atom. The van der Waals surface area contributed by atoms with Crippen molar-refractivity contribution < 1.29 is 18.3 Å². The predicted molar refractivity (Wildman–Crippen MR) is 103 cm³/mol. The molecule has 0 saturated carbocycles. The van der Waals surface area contributed by atoms with Crippen LogP contribution in [-0.4, -0.2) is 10.9 Å². The van der Waals surface area contributed by atoms with Crippen molar-refractivity contribution in [3.8, 4) is 5.75 Å². The molecule has 0 fully saturated rings. The minimum Gasteiger partial charge on any atom is -0.489 e. The second kappa shape index (κ2) is 7.52. The summed E-state index contributed by atoms with van der Waals surface area (Å²) in [4.78, 5) is 15.4. The summed E-state index contributed by atoms with van der Waals surface area (Å²) in [5, 5.41) is 3.25. The molecule has 1 aromatic heterocycles. The van der Waals surface area contributed by atoms with Gasteiger partial charge in [-0.05, 0) is 35.9 Å². The summed E-state index contributed by atoms with van der Waals surface area (Å²) < 4.78 is 32.5. The molecule has 0 radical (unpaired) electrons. The maximum absolute atomic E-state index is 13.7. The lowest BCUT2D eigenvalue weighted by atomic mass is 10.2. The monoisotopic (exact) mass is 378 g/mol. The first-order chi connectivity index (χ1) is 13.6. The van der Waals surface area contributed by atoms with Crippen molar-refractivity contribution in [3.63, 3.8) is 0 Å². The minimum atomic E-state index is -0.832. The van der Waals surface area contributed by atoms with Crippen molar-refractivity contribution in [2.75, 3.05) is 5.32 Å². The standard InChI is InChI=1S/C22H16F2N2O2/c23-16-7-9-19(18(24)11-16)26-22(27)21-10-15-6-8-17(12-20(15)25-21)28-13-14-4-2-1-3-5-14/h1-12,25H,13H2,(H,26,27). The lowest BCUT2D eigenvalue weighted by Gasteiger charge is -2.06. The maximum atomic E-state index is 13.7. The number of rotatable bonds is 5. The molecule has 0 aliphatic rings. The molecular weight excluding hydrogens is 362 g/mol. The number of aromatic nitrogens is 1. The summed E-state index contributed by atoms with van der Waals surface area (Å²) >= 11 is 0. The van der Waals surface area contributed by atoms with Crippen molar-refractivity contribution in [1.29, 1.82) is 0 Å². The van der Waals surface area contributed by atoms with Crippen LogP contribution in [0, 0.1) is 11.6 Å². The minimum absolute atomic E-state index is 0.0862. The molecule has 4 rings (SSSR count). The molecule has 0 unspecified atom stereocenters. The lowest BCUT2D eigenvalue weighted by molar-refractivity contribution is 0.102. The van der Waals surface area contributed by atoms with Gasteiger partial charge in [-0.25, -0.2) is 8.78 Å². The number of hydrogen-bond acceptors (Lipinski definition) is 2. The quantitative estimate of drug-likeness (QED) is 0.497. The molecule has 28 heavy (non-hydrogen) atoms. The normalized spacial score (nSPS) is 10.8. The average Bonchev–Trinajstić information content (AvgIpc) is 3.13. The van der Waals surface area contributed by atoms with E-state index in [-0.39, 0.29) is 11.4 Å². The van der Waals surface area contributed by atoms with Gasteiger partial charge in [0.1, 0.15) is 29.7 Å². The highest BCUT2D eigenvalue weighted by Crippen LogP contribution is 2.23. The molecule has 1 heterocycles. The van der Waals surface area contributed by atoms with Crippen molar-refractivity contribution >= 4 is 22.5 Å². The Hall–Kier alpha value is -3.67. The summed E-state index contributed by atoms with van der Waals surface area (Å²) in [6, 6.07) is 19.9. The van der Waals surface area contributed by atoms with Gasteiger partial charge in [0.15, 0.2) is 0 Å².